The lowest BCUT2D eigenvalue weighted by atomic mass is 10.1. The molecule has 0 aliphatic heterocycles. The van der Waals surface area contributed by atoms with E-state index in [9.17, 15) is 4.79 Å². The third-order valence-electron chi connectivity index (χ3n) is 2.52. The number of amides is 1. The zero-order chi connectivity index (χ0) is 13.0. The average Bonchev–Trinajstić information content (AvgIpc) is 2.39. The second-order valence-electron chi connectivity index (χ2n) is 3.94. The highest BCUT2D eigenvalue weighted by molar-refractivity contribution is 6.04. The lowest BCUT2D eigenvalue weighted by Crippen LogP contribution is -2.12. The number of anilines is 2. The molecule has 2 aromatic carbocycles. The first-order valence-corrected chi connectivity index (χ1v) is 5.56. The molecule has 4 nitrogen and oxygen atoms in total. The molecule has 0 spiro atoms. The lowest BCUT2D eigenvalue weighted by molar-refractivity contribution is 0.102. The fourth-order valence-corrected chi connectivity index (χ4v) is 1.63. The van der Waals surface area contributed by atoms with E-state index in [0.717, 1.165) is 5.56 Å². The Balaban J connectivity index is 2.16. The Bertz CT molecular complexity index is 567. The van der Waals surface area contributed by atoms with Gasteiger partial charge in [-0.3, -0.25) is 4.79 Å². The van der Waals surface area contributed by atoms with E-state index in [2.05, 4.69) is 5.32 Å². The Morgan fingerprint density at radius 1 is 1.17 bits per heavy atom. The van der Waals surface area contributed by atoms with Crippen molar-refractivity contribution in [3.8, 4) is 0 Å². The molecule has 0 fully saturated rings. The maximum Gasteiger partial charge on any atom is 0.255 e. The van der Waals surface area contributed by atoms with Gasteiger partial charge in [-0.1, -0.05) is 18.2 Å². The molecule has 0 saturated carbocycles. The minimum atomic E-state index is -0.225. The molecule has 0 atom stereocenters. The maximum atomic E-state index is 11.9. The van der Waals surface area contributed by atoms with E-state index in [1.165, 1.54) is 0 Å². The van der Waals surface area contributed by atoms with E-state index in [1.807, 2.05) is 0 Å². The first kappa shape index (κ1) is 12.1. The fraction of sp³-hybridized carbons (Fsp3) is 0.0714. The van der Waals surface area contributed by atoms with Crippen LogP contribution >= 0.6 is 0 Å². The monoisotopic (exact) mass is 242 g/mol. The summed E-state index contributed by atoms with van der Waals surface area (Å²) in [6.45, 7) is -0.0536. The van der Waals surface area contributed by atoms with E-state index >= 15 is 0 Å². The largest absolute Gasteiger partial charge is 0.399 e. The lowest BCUT2D eigenvalue weighted by Gasteiger charge is -2.07. The number of nitrogen functional groups attached to an aromatic ring is 1. The zero-order valence-corrected chi connectivity index (χ0v) is 9.76. The molecule has 0 aliphatic carbocycles. The van der Waals surface area contributed by atoms with Crippen LogP contribution in [-0.2, 0) is 6.61 Å². The molecule has 0 unspecified atom stereocenters. The van der Waals surface area contributed by atoms with Crippen molar-refractivity contribution in [2.75, 3.05) is 11.1 Å². The van der Waals surface area contributed by atoms with E-state index in [-0.39, 0.29) is 12.5 Å². The van der Waals surface area contributed by atoms with Crippen LogP contribution in [0.1, 0.15) is 15.9 Å². The van der Waals surface area contributed by atoms with Gasteiger partial charge in [-0.05, 0) is 35.9 Å². The SMILES string of the molecule is Nc1cccc(C(=O)Nc2cccc(CO)c2)c1. The van der Waals surface area contributed by atoms with Gasteiger partial charge in [0.1, 0.15) is 0 Å². The number of aliphatic hydroxyl groups is 1. The van der Waals surface area contributed by atoms with Gasteiger partial charge >= 0.3 is 0 Å². The van der Waals surface area contributed by atoms with Gasteiger partial charge in [-0.25, -0.2) is 0 Å². The molecule has 18 heavy (non-hydrogen) atoms. The number of carbonyl (C=O) groups is 1. The topological polar surface area (TPSA) is 75.4 Å². The Hall–Kier alpha value is -2.33. The minimum Gasteiger partial charge on any atom is -0.399 e. The Morgan fingerprint density at radius 3 is 2.67 bits per heavy atom. The van der Waals surface area contributed by atoms with Gasteiger partial charge in [-0.15, -0.1) is 0 Å². The minimum absolute atomic E-state index is 0.0536. The van der Waals surface area contributed by atoms with Crippen LogP contribution in [0.2, 0.25) is 0 Å². The predicted octanol–water partition coefficient (Wildman–Crippen LogP) is 2.01. The van der Waals surface area contributed by atoms with Crippen LogP contribution in [0.3, 0.4) is 0 Å². The van der Waals surface area contributed by atoms with Crippen LogP contribution in [0.4, 0.5) is 11.4 Å². The van der Waals surface area contributed by atoms with E-state index in [4.69, 9.17) is 10.8 Å². The molecule has 92 valence electrons. The van der Waals surface area contributed by atoms with Crippen LogP contribution in [0.15, 0.2) is 48.5 Å². The second kappa shape index (κ2) is 5.33. The standard InChI is InChI=1S/C14H14N2O2/c15-12-5-2-4-11(8-12)14(18)16-13-6-1-3-10(7-13)9-17/h1-8,17H,9,15H2,(H,16,18). The highest BCUT2D eigenvalue weighted by Crippen LogP contribution is 2.13. The molecular weight excluding hydrogens is 228 g/mol. The van der Waals surface area contributed by atoms with Gasteiger partial charge in [-0.2, -0.15) is 0 Å². The number of nitrogens with two attached hydrogens (primary N) is 1. The molecule has 0 saturated heterocycles. The van der Waals surface area contributed by atoms with Crippen molar-refractivity contribution in [3.63, 3.8) is 0 Å². The van der Waals surface area contributed by atoms with Gasteiger partial charge in [0.25, 0.3) is 5.91 Å². The fourth-order valence-electron chi connectivity index (χ4n) is 1.63. The van der Waals surface area contributed by atoms with Crippen LogP contribution in [0, 0.1) is 0 Å². The first-order chi connectivity index (χ1) is 8.69. The summed E-state index contributed by atoms with van der Waals surface area (Å²) < 4.78 is 0. The molecule has 4 N–H and O–H groups in total. The maximum absolute atomic E-state index is 11.9. The van der Waals surface area contributed by atoms with Gasteiger partial charge in [0.05, 0.1) is 6.61 Å². The smallest absolute Gasteiger partial charge is 0.255 e. The van der Waals surface area contributed by atoms with E-state index in [1.54, 1.807) is 48.5 Å². The molecule has 0 aliphatic rings. The van der Waals surface area contributed by atoms with Crippen LogP contribution in [0.5, 0.6) is 0 Å². The highest BCUT2D eigenvalue weighted by Gasteiger charge is 2.06. The summed E-state index contributed by atoms with van der Waals surface area (Å²) in [6.07, 6.45) is 0. The number of nitrogens with one attached hydrogen (secondary N) is 1. The number of rotatable bonds is 3. The van der Waals surface area contributed by atoms with Crippen molar-refractivity contribution < 1.29 is 9.90 Å². The van der Waals surface area contributed by atoms with Crippen molar-refractivity contribution in [3.05, 3.63) is 59.7 Å². The summed E-state index contributed by atoms with van der Waals surface area (Å²) in [5.74, 6) is -0.225. The molecule has 4 heteroatoms. The quantitative estimate of drug-likeness (QED) is 0.721. The Labute approximate surface area is 105 Å². The normalized spacial score (nSPS) is 10.1. The molecule has 2 aromatic rings. The van der Waals surface area contributed by atoms with Gasteiger partial charge < -0.3 is 16.2 Å². The van der Waals surface area contributed by atoms with Crippen molar-refractivity contribution in [2.45, 2.75) is 6.61 Å². The number of hydrogen-bond donors (Lipinski definition) is 3. The third kappa shape index (κ3) is 2.87. The molecule has 0 bridgehead atoms. The molecule has 2 rings (SSSR count). The molecular formula is C14H14N2O2. The van der Waals surface area contributed by atoms with E-state index < -0.39 is 0 Å². The van der Waals surface area contributed by atoms with Gasteiger partial charge in [0.2, 0.25) is 0 Å². The second-order valence-corrected chi connectivity index (χ2v) is 3.94. The summed E-state index contributed by atoms with van der Waals surface area (Å²) in [5, 5.41) is 11.8. The average molecular weight is 242 g/mol. The van der Waals surface area contributed by atoms with Gasteiger partial charge in [0.15, 0.2) is 0 Å². The Morgan fingerprint density at radius 2 is 1.94 bits per heavy atom. The summed E-state index contributed by atoms with van der Waals surface area (Å²) in [6, 6.07) is 13.8. The highest BCUT2D eigenvalue weighted by atomic mass is 16.3. The van der Waals surface area contributed by atoms with Gasteiger partial charge in [0, 0.05) is 16.9 Å². The third-order valence-corrected chi connectivity index (χ3v) is 2.52. The number of carbonyl (C=O) groups excluding carboxylic acids is 1. The van der Waals surface area contributed by atoms with Crippen LogP contribution in [-0.4, -0.2) is 11.0 Å². The summed E-state index contributed by atoms with van der Waals surface area (Å²) in [5.41, 5.74) is 8.07. The van der Waals surface area contributed by atoms with Crippen molar-refractivity contribution in [1.29, 1.82) is 0 Å². The van der Waals surface area contributed by atoms with Crippen molar-refractivity contribution >= 4 is 17.3 Å². The van der Waals surface area contributed by atoms with E-state index in [0.29, 0.717) is 16.9 Å². The van der Waals surface area contributed by atoms with Crippen LogP contribution in [0.25, 0.3) is 0 Å². The first-order valence-electron chi connectivity index (χ1n) is 5.56. The molecule has 0 radical (unpaired) electrons. The Kier molecular flexibility index (Phi) is 3.60. The summed E-state index contributed by atoms with van der Waals surface area (Å²) >= 11 is 0. The zero-order valence-electron chi connectivity index (χ0n) is 9.76. The molecule has 0 heterocycles. The number of aliphatic hydroxyl groups excluding tert-OH is 1. The molecule has 0 aromatic heterocycles. The van der Waals surface area contributed by atoms with Crippen molar-refractivity contribution in [2.24, 2.45) is 0 Å². The number of benzene rings is 2. The summed E-state index contributed by atoms with van der Waals surface area (Å²) in [7, 11) is 0. The predicted molar refractivity (Wildman–Crippen MR) is 71.2 cm³/mol. The summed E-state index contributed by atoms with van der Waals surface area (Å²) in [4.78, 5) is 11.9. The molecule has 1 amide bonds. The van der Waals surface area contributed by atoms with Crippen molar-refractivity contribution in [1.82, 2.24) is 0 Å². The number of hydrogen-bond acceptors (Lipinski definition) is 3. The van der Waals surface area contributed by atoms with Crippen LogP contribution < -0.4 is 11.1 Å².